The van der Waals surface area contributed by atoms with Gasteiger partial charge in [0.25, 0.3) is 5.91 Å². The molecule has 2 heterocycles. The minimum absolute atomic E-state index is 0.0558. The Kier molecular flexibility index (Phi) is 4.59. The van der Waals surface area contributed by atoms with Crippen LogP contribution in [0.3, 0.4) is 0 Å². The van der Waals surface area contributed by atoms with E-state index in [0.717, 1.165) is 21.5 Å². The highest BCUT2D eigenvalue weighted by Gasteiger charge is 2.15. The number of pyridine rings is 1. The number of hydrogen-bond donors (Lipinski definition) is 3. The second-order valence-corrected chi connectivity index (χ2v) is 5.81. The lowest BCUT2D eigenvalue weighted by Crippen LogP contribution is -2.27. The number of hydroxylamine groups is 1. The van der Waals surface area contributed by atoms with Gasteiger partial charge < -0.3 is 5.32 Å². The number of benzene rings is 1. The molecule has 3 N–H and O–H groups in total. The second kappa shape index (κ2) is 6.80. The first-order valence-corrected chi connectivity index (χ1v) is 7.85. The number of fused-ring (bicyclic) bond motifs is 1. The highest BCUT2D eigenvalue weighted by atomic mass is 79.9. The molecule has 0 atom stereocenters. The third-order valence-electron chi connectivity index (χ3n) is 3.45. The van der Waals surface area contributed by atoms with Gasteiger partial charge in [-0.25, -0.2) is 10.5 Å². The Labute approximate surface area is 141 Å². The maximum atomic E-state index is 11.3. The summed E-state index contributed by atoms with van der Waals surface area (Å²) in [7, 11) is 0. The lowest BCUT2D eigenvalue weighted by atomic mass is 10.1. The first-order chi connectivity index (χ1) is 11.2. The Bertz CT molecular complexity index is 833. The number of hydrogen-bond acceptors (Lipinski definition) is 4. The van der Waals surface area contributed by atoms with Gasteiger partial charge in [-0.2, -0.15) is 0 Å². The maximum Gasteiger partial charge on any atom is 0.262 e. The van der Waals surface area contributed by atoms with Gasteiger partial charge in [-0.3, -0.25) is 14.4 Å². The van der Waals surface area contributed by atoms with Crippen LogP contribution in [0.2, 0.25) is 0 Å². The lowest BCUT2D eigenvalue weighted by Gasteiger charge is -2.08. The number of rotatable bonds is 5. The number of amides is 1. The van der Waals surface area contributed by atoms with Crippen LogP contribution in [0.5, 0.6) is 0 Å². The van der Waals surface area contributed by atoms with E-state index in [9.17, 15) is 4.79 Å². The van der Waals surface area contributed by atoms with Crippen LogP contribution in [-0.2, 0) is 11.2 Å². The molecule has 23 heavy (non-hydrogen) atoms. The number of nitrogens with zero attached hydrogens (tertiary/aromatic N) is 2. The predicted octanol–water partition coefficient (Wildman–Crippen LogP) is 2.60. The van der Waals surface area contributed by atoms with Crippen LogP contribution in [-0.4, -0.2) is 27.0 Å². The van der Waals surface area contributed by atoms with Gasteiger partial charge in [0.2, 0.25) is 0 Å². The maximum absolute atomic E-state index is 11.3. The van der Waals surface area contributed by atoms with Gasteiger partial charge in [0, 0.05) is 6.42 Å². The molecule has 0 aliphatic carbocycles. The summed E-state index contributed by atoms with van der Waals surface area (Å²) in [4.78, 5) is 15.8. The van der Waals surface area contributed by atoms with Crippen molar-refractivity contribution in [1.82, 2.24) is 14.9 Å². The van der Waals surface area contributed by atoms with Gasteiger partial charge in [-0.05, 0) is 33.6 Å². The van der Waals surface area contributed by atoms with E-state index in [-0.39, 0.29) is 6.54 Å². The molecule has 118 valence electrons. The molecule has 0 unspecified atom stereocenters. The summed E-state index contributed by atoms with van der Waals surface area (Å²) in [6.07, 6.45) is 0.660. The molecule has 0 saturated carbocycles. The van der Waals surface area contributed by atoms with E-state index in [0.29, 0.717) is 12.2 Å². The molecule has 0 aliphatic heterocycles. The van der Waals surface area contributed by atoms with Crippen molar-refractivity contribution in [2.24, 2.45) is 0 Å². The third-order valence-corrected chi connectivity index (χ3v) is 4.07. The quantitative estimate of drug-likeness (QED) is 0.364. The summed E-state index contributed by atoms with van der Waals surface area (Å²) < 4.78 is 2.87. The molecular weight excluding hydrogens is 360 g/mol. The van der Waals surface area contributed by atoms with Crippen LogP contribution in [0.15, 0.2) is 53.1 Å². The smallest absolute Gasteiger partial charge is 0.262 e. The summed E-state index contributed by atoms with van der Waals surface area (Å²) in [6.45, 7) is -0.0558. The van der Waals surface area contributed by atoms with E-state index in [1.807, 2.05) is 52.9 Å². The number of carbonyl (C=O) groups excluding carboxylic acids is 1. The number of carbonyl (C=O) groups is 1. The zero-order valence-electron chi connectivity index (χ0n) is 12.2. The molecule has 0 saturated heterocycles. The SMILES string of the molecule is O=C(CNc1nc2cccc(Br)n2c1Cc1ccccc1)NO. The van der Waals surface area contributed by atoms with Crippen molar-refractivity contribution in [3.05, 3.63) is 64.4 Å². The Morgan fingerprint density at radius 1 is 1.17 bits per heavy atom. The van der Waals surface area contributed by atoms with Gasteiger partial charge in [-0.1, -0.05) is 36.4 Å². The average molecular weight is 375 g/mol. The highest BCUT2D eigenvalue weighted by Crippen LogP contribution is 2.25. The molecule has 3 rings (SSSR count). The number of aromatic nitrogens is 2. The average Bonchev–Trinajstić information content (AvgIpc) is 2.92. The monoisotopic (exact) mass is 374 g/mol. The van der Waals surface area contributed by atoms with Gasteiger partial charge in [0.05, 0.1) is 16.8 Å². The molecule has 0 bridgehead atoms. The van der Waals surface area contributed by atoms with Crippen molar-refractivity contribution < 1.29 is 10.0 Å². The molecule has 0 aliphatic rings. The van der Waals surface area contributed by atoms with Gasteiger partial charge in [-0.15, -0.1) is 0 Å². The Balaban J connectivity index is 2.02. The fourth-order valence-corrected chi connectivity index (χ4v) is 2.96. The van der Waals surface area contributed by atoms with Gasteiger partial charge in [0.1, 0.15) is 11.5 Å². The zero-order valence-corrected chi connectivity index (χ0v) is 13.7. The van der Waals surface area contributed by atoms with E-state index >= 15 is 0 Å². The molecule has 2 aromatic heterocycles. The van der Waals surface area contributed by atoms with E-state index in [2.05, 4.69) is 26.2 Å². The predicted molar refractivity (Wildman–Crippen MR) is 90.6 cm³/mol. The van der Waals surface area contributed by atoms with E-state index in [1.54, 1.807) is 5.48 Å². The van der Waals surface area contributed by atoms with E-state index in [1.165, 1.54) is 0 Å². The fourth-order valence-electron chi connectivity index (χ4n) is 2.41. The van der Waals surface area contributed by atoms with Crippen LogP contribution >= 0.6 is 15.9 Å². The standard InChI is InChI=1S/C16H15BrN4O2/c17-13-7-4-8-14-19-16(18-10-15(22)20-23)12(21(13)14)9-11-5-2-1-3-6-11/h1-8,18,23H,9-10H2,(H,20,22). The van der Waals surface area contributed by atoms with Crippen molar-refractivity contribution in [2.75, 3.05) is 11.9 Å². The van der Waals surface area contributed by atoms with Crippen LogP contribution in [0.25, 0.3) is 5.65 Å². The Morgan fingerprint density at radius 2 is 1.96 bits per heavy atom. The normalized spacial score (nSPS) is 10.7. The molecule has 1 aromatic carbocycles. The number of halogens is 1. The molecule has 0 fully saturated rings. The van der Waals surface area contributed by atoms with Crippen LogP contribution < -0.4 is 10.8 Å². The lowest BCUT2D eigenvalue weighted by molar-refractivity contribution is -0.127. The Hall–Kier alpha value is -2.38. The minimum atomic E-state index is -0.521. The number of imidazole rings is 1. The van der Waals surface area contributed by atoms with E-state index < -0.39 is 5.91 Å². The van der Waals surface area contributed by atoms with Crippen molar-refractivity contribution >= 4 is 33.3 Å². The van der Waals surface area contributed by atoms with Crippen molar-refractivity contribution in [1.29, 1.82) is 0 Å². The fraction of sp³-hybridized carbons (Fsp3) is 0.125. The number of anilines is 1. The zero-order chi connectivity index (χ0) is 16.2. The molecule has 1 amide bonds. The van der Waals surface area contributed by atoms with Gasteiger partial charge in [0.15, 0.2) is 0 Å². The van der Waals surface area contributed by atoms with Crippen LogP contribution in [0, 0.1) is 0 Å². The minimum Gasteiger partial charge on any atom is -0.359 e. The van der Waals surface area contributed by atoms with Crippen LogP contribution in [0.1, 0.15) is 11.3 Å². The molecule has 0 spiro atoms. The summed E-state index contributed by atoms with van der Waals surface area (Å²) in [5.74, 6) is 0.0936. The summed E-state index contributed by atoms with van der Waals surface area (Å²) in [5, 5.41) is 11.6. The molecular formula is C16H15BrN4O2. The highest BCUT2D eigenvalue weighted by molar-refractivity contribution is 9.10. The van der Waals surface area contributed by atoms with E-state index in [4.69, 9.17) is 5.21 Å². The molecule has 6 nitrogen and oxygen atoms in total. The van der Waals surface area contributed by atoms with Crippen molar-refractivity contribution in [2.45, 2.75) is 6.42 Å². The third kappa shape index (κ3) is 3.35. The topological polar surface area (TPSA) is 78.7 Å². The van der Waals surface area contributed by atoms with Crippen LogP contribution in [0.4, 0.5) is 5.82 Å². The molecule has 7 heteroatoms. The first kappa shape index (κ1) is 15.5. The second-order valence-electron chi connectivity index (χ2n) is 5.00. The summed E-state index contributed by atoms with van der Waals surface area (Å²) in [5.41, 5.74) is 4.45. The largest absolute Gasteiger partial charge is 0.359 e. The Morgan fingerprint density at radius 3 is 2.70 bits per heavy atom. The van der Waals surface area contributed by atoms with Crippen molar-refractivity contribution in [3.8, 4) is 0 Å². The molecule has 3 aromatic rings. The molecule has 0 radical (unpaired) electrons. The first-order valence-electron chi connectivity index (χ1n) is 7.05. The summed E-state index contributed by atoms with van der Waals surface area (Å²) in [6, 6.07) is 15.8. The summed E-state index contributed by atoms with van der Waals surface area (Å²) >= 11 is 3.54. The van der Waals surface area contributed by atoms with Gasteiger partial charge >= 0.3 is 0 Å². The number of nitrogens with one attached hydrogen (secondary N) is 2. The van der Waals surface area contributed by atoms with Crippen molar-refractivity contribution in [3.63, 3.8) is 0 Å².